The lowest BCUT2D eigenvalue weighted by atomic mass is 10.1. The van der Waals surface area contributed by atoms with Gasteiger partial charge in [-0.25, -0.2) is 0 Å². The molecule has 246 valence electrons. The van der Waals surface area contributed by atoms with Crippen LogP contribution in [0.4, 0.5) is 0 Å². The molecule has 0 aliphatic rings. The van der Waals surface area contributed by atoms with Crippen molar-refractivity contribution in [3.05, 3.63) is 22.1 Å². The van der Waals surface area contributed by atoms with E-state index in [1.807, 2.05) is 0 Å². The molecular weight excluding hydrogens is 536 g/mol. The zero-order valence-electron chi connectivity index (χ0n) is 27.1. The van der Waals surface area contributed by atoms with Gasteiger partial charge in [-0.1, -0.05) is 84.0 Å². The Bertz CT molecular complexity index is 717. The van der Waals surface area contributed by atoms with Gasteiger partial charge in [-0.05, 0) is 58.2 Å². The van der Waals surface area contributed by atoms with Gasteiger partial charge < -0.3 is 25.0 Å². The molecule has 0 aromatic carbocycles. The number of ether oxygens (including phenoxy) is 1. The minimum Gasteiger partial charge on any atom is -0.481 e. The topological polar surface area (TPSA) is 125 Å². The van der Waals surface area contributed by atoms with Gasteiger partial charge in [0.15, 0.2) is 5.82 Å². The Morgan fingerprint density at radius 1 is 0.762 bits per heavy atom. The van der Waals surface area contributed by atoms with Gasteiger partial charge in [0.2, 0.25) is 0 Å². The molecular formula is C32H62N4O6. The summed E-state index contributed by atoms with van der Waals surface area (Å²) in [5, 5.41) is 22.8. The summed E-state index contributed by atoms with van der Waals surface area (Å²) in [7, 11) is 3.57. The first-order chi connectivity index (χ1) is 20.3. The SMILES string of the molecule is CCCCCCCCCOC(=O)CCCCCCCN(CCCCCCCC(=O)O)CCCN/C(=C\[N+](=O)[O-])N(C)C. The highest BCUT2D eigenvalue weighted by atomic mass is 16.6. The monoisotopic (exact) mass is 598 g/mol. The molecule has 0 amide bonds. The van der Waals surface area contributed by atoms with E-state index < -0.39 is 10.9 Å². The molecule has 0 fully saturated rings. The summed E-state index contributed by atoms with van der Waals surface area (Å²) in [4.78, 5) is 37.2. The van der Waals surface area contributed by atoms with E-state index in [0.29, 0.717) is 25.4 Å². The number of esters is 1. The van der Waals surface area contributed by atoms with Crippen LogP contribution in [0.3, 0.4) is 0 Å². The standard InChI is InChI=1S/C32H62N4O6/c1-4-5-6-7-8-15-20-28-42-32(39)23-17-12-10-14-19-26-35(25-18-13-9-11-16-22-31(37)38)27-21-24-33-30(34(2)3)29-36(40)41/h29,33H,4-28H2,1-3H3,(H,37,38)/b30-29+. The maximum atomic E-state index is 12.0. The molecule has 0 heterocycles. The van der Waals surface area contributed by atoms with E-state index in [1.165, 1.54) is 32.1 Å². The van der Waals surface area contributed by atoms with Crippen LogP contribution in [0.25, 0.3) is 0 Å². The van der Waals surface area contributed by atoms with Crippen molar-refractivity contribution in [2.45, 2.75) is 135 Å². The number of nitro groups is 1. The molecule has 42 heavy (non-hydrogen) atoms. The Kier molecular flexibility index (Phi) is 27.1. The zero-order valence-corrected chi connectivity index (χ0v) is 27.1. The smallest absolute Gasteiger partial charge is 0.305 e. The lowest BCUT2D eigenvalue weighted by Gasteiger charge is -2.23. The van der Waals surface area contributed by atoms with Crippen LogP contribution in [0.5, 0.6) is 0 Å². The molecule has 0 aliphatic carbocycles. The van der Waals surface area contributed by atoms with E-state index in [9.17, 15) is 19.7 Å². The lowest BCUT2D eigenvalue weighted by molar-refractivity contribution is -0.404. The number of aliphatic carboxylic acids is 1. The van der Waals surface area contributed by atoms with Gasteiger partial charge in [0.25, 0.3) is 6.20 Å². The van der Waals surface area contributed by atoms with E-state index in [4.69, 9.17) is 9.84 Å². The first-order valence-electron chi connectivity index (χ1n) is 16.6. The number of carbonyl (C=O) groups is 2. The summed E-state index contributed by atoms with van der Waals surface area (Å²) in [6.45, 7) is 6.40. The fraction of sp³-hybridized carbons (Fsp3) is 0.875. The second kappa shape index (κ2) is 28.7. The number of nitrogens with zero attached hydrogens (tertiary/aromatic N) is 3. The second-order valence-corrected chi connectivity index (χ2v) is 11.6. The van der Waals surface area contributed by atoms with Gasteiger partial charge in [0.05, 0.1) is 11.5 Å². The normalized spacial score (nSPS) is 11.6. The van der Waals surface area contributed by atoms with Crippen LogP contribution < -0.4 is 5.32 Å². The molecule has 0 rings (SSSR count). The largest absolute Gasteiger partial charge is 0.481 e. The average molecular weight is 599 g/mol. The summed E-state index contributed by atoms with van der Waals surface area (Å²) in [6.07, 6.45) is 21.4. The molecule has 0 saturated carbocycles. The highest BCUT2D eigenvalue weighted by Gasteiger charge is 2.08. The van der Waals surface area contributed by atoms with Crippen LogP contribution in [-0.2, 0) is 14.3 Å². The first kappa shape index (κ1) is 39.6. The van der Waals surface area contributed by atoms with Crippen molar-refractivity contribution in [3.8, 4) is 0 Å². The number of carbonyl (C=O) groups excluding carboxylic acids is 1. The van der Waals surface area contributed by atoms with E-state index in [1.54, 1.807) is 19.0 Å². The molecule has 0 saturated heterocycles. The van der Waals surface area contributed by atoms with Gasteiger partial charge in [0.1, 0.15) is 0 Å². The van der Waals surface area contributed by atoms with E-state index in [-0.39, 0.29) is 12.4 Å². The van der Waals surface area contributed by atoms with Crippen LogP contribution in [0.1, 0.15) is 135 Å². The average Bonchev–Trinajstić information content (AvgIpc) is 2.93. The number of rotatable bonds is 31. The maximum Gasteiger partial charge on any atom is 0.305 e. The molecule has 10 heteroatoms. The third kappa shape index (κ3) is 27.8. The number of hydrogen-bond acceptors (Lipinski definition) is 8. The Morgan fingerprint density at radius 2 is 1.26 bits per heavy atom. The molecule has 10 nitrogen and oxygen atoms in total. The van der Waals surface area contributed by atoms with Gasteiger partial charge in [-0.3, -0.25) is 19.7 Å². The van der Waals surface area contributed by atoms with Crippen LogP contribution in [0.2, 0.25) is 0 Å². The van der Waals surface area contributed by atoms with Crippen LogP contribution in [0, 0.1) is 10.1 Å². The Balaban J connectivity index is 4.16. The summed E-state index contributed by atoms with van der Waals surface area (Å²) >= 11 is 0. The van der Waals surface area contributed by atoms with Crippen molar-refractivity contribution in [2.24, 2.45) is 0 Å². The van der Waals surface area contributed by atoms with Crippen molar-refractivity contribution in [1.82, 2.24) is 15.1 Å². The van der Waals surface area contributed by atoms with E-state index in [0.717, 1.165) is 109 Å². The number of hydrogen-bond donors (Lipinski definition) is 2. The quantitative estimate of drug-likeness (QED) is 0.0377. The maximum absolute atomic E-state index is 12.0. The van der Waals surface area contributed by atoms with Crippen LogP contribution in [-0.4, -0.2) is 78.6 Å². The Labute approximate surface area is 255 Å². The molecule has 0 radical (unpaired) electrons. The van der Waals surface area contributed by atoms with Gasteiger partial charge >= 0.3 is 11.9 Å². The first-order valence-corrected chi connectivity index (χ1v) is 16.6. The molecule has 0 atom stereocenters. The number of nitrogens with one attached hydrogen (secondary N) is 1. The summed E-state index contributed by atoms with van der Waals surface area (Å²) in [5.41, 5.74) is 0. The van der Waals surface area contributed by atoms with Crippen LogP contribution in [0.15, 0.2) is 12.0 Å². The van der Waals surface area contributed by atoms with Gasteiger partial charge in [0, 0.05) is 33.5 Å². The molecule has 2 N–H and O–H groups in total. The summed E-state index contributed by atoms with van der Waals surface area (Å²) < 4.78 is 5.38. The van der Waals surface area contributed by atoms with E-state index in [2.05, 4.69) is 17.1 Å². The highest BCUT2D eigenvalue weighted by Crippen LogP contribution is 2.11. The summed E-state index contributed by atoms with van der Waals surface area (Å²) in [5.74, 6) is -0.289. The molecule has 0 aromatic heterocycles. The fourth-order valence-electron chi connectivity index (χ4n) is 4.87. The van der Waals surface area contributed by atoms with Crippen molar-refractivity contribution >= 4 is 11.9 Å². The highest BCUT2D eigenvalue weighted by molar-refractivity contribution is 5.69. The molecule has 0 spiro atoms. The van der Waals surface area contributed by atoms with Gasteiger partial charge in [-0.2, -0.15) is 0 Å². The minimum atomic E-state index is -0.723. The predicted octanol–water partition coefficient (Wildman–Crippen LogP) is 6.96. The minimum absolute atomic E-state index is 0.0609. The fourth-order valence-corrected chi connectivity index (χ4v) is 4.87. The van der Waals surface area contributed by atoms with Crippen molar-refractivity contribution in [1.29, 1.82) is 0 Å². The van der Waals surface area contributed by atoms with E-state index >= 15 is 0 Å². The molecule has 0 aromatic rings. The molecule has 0 unspecified atom stereocenters. The third-order valence-electron chi connectivity index (χ3n) is 7.40. The molecule has 0 bridgehead atoms. The predicted molar refractivity (Wildman–Crippen MR) is 170 cm³/mol. The Hall–Kier alpha value is -2.36. The number of carboxylic acids is 1. The van der Waals surface area contributed by atoms with Crippen molar-refractivity contribution in [3.63, 3.8) is 0 Å². The number of unbranched alkanes of at least 4 members (excludes halogenated alkanes) is 14. The Morgan fingerprint density at radius 3 is 1.81 bits per heavy atom. The zero-order chi connectivity index (χ0) is 31.3. The molecule has 0 aliphatic heterocycles. The van der Waals surface area contributed by atoms with Crippen molar-refractivity contribution < 1.29 is 24.4 Å². The third-order valence-corrected chi connectivity index (χ3v) is 7.40. The second-order valence-electron chi connectivity index (χ2n) is 11.6. The summed E-state index contributed by atoms with van der Waals surface area (Å²) in [6, 6.07) is 0. The lowest BCUT2D eigenvalue weighted by Crippen LogP contribution is -2.32. The van der Waals surface area contributed by atoms with Crippen molar-refractivity contribution in [2.75, 3.05) is 46.9 Å². The van der Waals surface area contributed by atoms with Crippen LogP contribution >= 0.6 is 0 Å². The van der Waals surface area contributed by atoms with Gasteiger partial charge in [-0.15, -0.1) is 0 Å². The number of carboxylic acid groups (broad SMARTS) is 1.